The number of nitrogens with two attached hydrogens (primary N) is 1. The van der Waals surface area contributed by atoms with Crippen molar-refractivity contribution in [1.82, 2.24) is 20.3 Å². The van der Waals surface area contributed by atoms with Crippen molar-refractivity contribution in [3.8, 4) is 0 Å². The Hall–Kier alpha value is -0.940. The third-order valence-corrected chi connectivity index (χ3v) is 1.74. The van der Waals surface area contributed by atoms with Crippen LogP contribution in [0.15, 0.2) is 6.20 Å². The summed E-state index contributed by atoms with van der Waals surface area (Å²) in [5, 5.41) is 10.3. The molecule has 0 saturated carbocycles. The SMILES string of the molecule is CCN(CCN)Cc1cn[nH]n1. The van der Waals surface area contributed by atoms with Crippen molar-refractivity contribution in [2.75, 3.05) is 19.6 Å². The zero-order chi connectivity index (χ0) is 8.81. The molecule has 0 saturated heterocycles. The van der Waals surface area contributed by atoms with Crippen molar-refractivity contribution in [1.29, 1.82) is 0 Å². The van der Waals surface area contributed by atoms with Crippen LogP contribution in [0.25, 0.3) is 0 Å². The Labute approximate surface area is 71.9 Å². The molecule has 0 aliphatic heterocycles. The average molecular weight is 169 g/mol. The van der Waals surface area contributed by atoms with Gasteiger partial charge >= 0.3 is 0 Å². The van der Waals surface area contributed by atoms with Crippen LogP contribution >= 0.6 is 0 Å². The summed E-state index contributed by atoms with van der Waals surface area (Å²) in [4.78, 5) is 2.22. The van der Waals surface area contributed by atoms with Crippen LogP contribution in [0.1, 0.15) is 12.6 Å². The summed E-state index contributed by atoms with van der Waals surface area (Å²) >= 11 is 0. The fourth-order valence-electron chi connectivity index (χ4n) is 1.06. The second-order valence-corrected chi connectivity index (χ2v) is 2.62. The highest BCUT2D eigenvalue weighted by Gasteiger charge is 2.03. The fraction of sp³-hybridized carbons (Fsp3) is 0.714. The van der Waals surface area contributed by atoms with Crippen LogP contribution in [0, 0.1) is 0 Å². The lowest BCUT2D eigenvalue weighted by Gasteiger charge is -2.17. The molecule has 12 heavy (non-hydrogen) atoms. The topological polar surface area (TPSA) is 70.8 Å². The van der Waals surface area contributed by atoms with Crippen LogP contribution in [0.2, 0.25) is 0 Å². The Morgan fingerprint density at radius 1 is 1.67 bits per heavy atom. The van der Waals surface area contributed by atoms with Crippen molar-refractivity contribution in [3.63, 3.8) is 0 Å². The van der Waals surface area contributed by atoms with Crippen molar-refractivity contribution >= 4 is 0 Å². The maximum absolute atomic E-state index is 5.45. The minimum absolute atomic E-state index is 0.686. The minimum Gasteiger partial charge on any atom is -0.329 e. The molecule has 1 aromatic heterocycles. The van der Waals surface area contributed by atoms with E-state index in [1.807, 2.05) is 0 Å². The molecule has 0 spiro atoms. The molecule has 0 fully saturated rings. The maximum atomic E-state index is 5.45. The van der Waals surface area contributed by atoms with Gasteiger partial charge in [0.15, 0.2) is 0 Å². The van der Waals surface area contributed by atoms with Gasteiger partial charge in [0.1, 0.15) is 0 Å². The molecule has 0 unspecified atom stereocenters. The Bertz CT molecular complexity index is 196. The van der Waals surface area contributed by atoms with Gasteiger partial charge in [-0.1, -0.05) is 6.92 Å². The lowest BCUT2D eigenvalue weighted by Crippen LogP contribution is -2.28. The summed E-state index contributed by atoms with van der Waals surface area (Å²) in [7, 11) is 0. The second kappa shape index (κ2) is 4.84. The van der Waals surface area contributed by atoms with Crippen molar-refractivity contribution < 1.29 is 0 Å². The second-order valence-electron chi connectivity index (χ2n) is 2.62. The van der Waals surface area contributed by atoms with Crippen LogP contribution in [0.3, 0.4) is 0 Å². The van der Waals surface area contributed by atoms with Crippen molar-refractivity contribution in [2.45, 2.75) is 13.5 Å². The summed E-state index contributed by atoms with van der Waals surface area (Å²) < 4.78 is 0. The van der Waals surface area contributed by atoms with E-state index in [9.17, 15) is 0 Å². The molecule has 3 N–H and O–H groups in total. The Morgan fingerprint density at radius 3 is 3.00 bits per heavy atom. The molecule has 0 aliphatic rings. The zero-order valence-corrected chi connectivity index (χ0v) is 7.32. The van der Waals surface area contributed by atoms with Gasteiger partial charge in [-0.25, -0.2) is 0 Å². The summed E-state index contributed by atoms with van der Waals surface area (Å²) in [6.45, 7) is 5.51. The van der Waals surface area contributed by atoms with E-state index in [0.717, 1.165) is 25.3 Å². The van der Waals surface area contributed by atoms with E-state index in [4.69, 9.17) is 5.73 Å². The van der Waals surface area contributed by atoms with E-state index in [-0.39, 0.29) is 0 Å². The van der Waals surface area contributed by atoms with Crippen LogP contribution in [0.4, 0.5) is 0 Å². The van der Waals surface area contributed by atoms with Gasteiger partial charge in [-0.2, -0.15) is 15.4 Å². The third kappa shape index (κ3) is 2.60. The highest BCUT2D eigenvalue weighted by atomic mass is 15.3. The van der Waals surface area contributed by atoms with E-state index >= 15 is 0 Å². The monoisotopic (exact) mass is 169 g/mol. The first-order chi connectivity index (χ1) is 5.86. The van der Waals surface area contributed by atoms with Gasteiger partial charge in [0.05, 0.1) is 11.9 Å². The molecule has 1 aromatic rings. The molecule has 0 aliphatic carbocycles. The minimum atomic E-state index is 0.686. The number of nitrogens with one attached hydrogen (secondary N) is 1. The quantitative estimate of drug-likeness (QED) is 0.628. The lowest BCUT2D eigenvalue weighted by molar-refractivity contribution is 0.284. The smallest absolute Gasteiger partial charge is 0.0964 e. The van der Waals surface area contributed by atoms with E-state index in [2.05, 4.69) is 27.2 Å². The number of hydrogen-bond donors (Lipinski definition) is 2. The molecule has 68 valence electrons. The first kappa shape index (κ1) is 9.15. The third-order valence-electron chi connectivity index (χ3n) is 1.74. The first-order valence-corrected chi connectivity index (χ1v) is 4.14. The van der Waals surface area contributed by atoms with E-state index in [1.54, 1.807) is 6.20 Å². The van der Waals surface area contributed by atoms with E-state index in [1.165, 1.54) is 0 Å². The number of hydrogen-bond acceptors (Lipinski definition) is 4. The zero-order valence-electron chi connectivity index (χ0n) is 7.32. The maximum Gasteiger partial charge on any atom is 0.0964 e. The molecule has 5 nitrogen and oxygen atoms in total. The molecule has 0 atom stereocenters. The van der Waals surface area contributed by atoms with Crippen LogP contribution in [-0.4, -0.2) is 39.9 Å². The first-order valence-electron chi connectivity index (χ1n) is 4.14. The highest BCUT2D eigenvalue weighted by molar-refractivity contribution is 4.89. The van der Waals surface area contributed by atoms with Gasteiger partial charge < -0.3 is 5.73 Å². The van der Waals surface area contributed by atoms with Gasteiger partial charge in [-0.3, -0.25) is 4.90 Å². The summed E-state index contributed by atoms with van der Waals surface area (Å²) in [5.41, 5.74) is 6.41. The Kier molecular flexibility index (Phi) is 3.69. The summed E-state index contributed by atoms with van der Waals surface area (Å²) in [6.07, 6.45) is 1.74. The number of nitrogens with zero attached hydrogens (tertiary/aromatic N) is 3. The van der Waals surface area contributed by atoms with Gasteiger partial charge in [0, 0.05) is 19.6 Å². The molecule has 0 amide bonds. The number of aromatic amines is 1. The van der Waals surface area contributed by atoms with Gasteiger partial charge in [-0.05, 0) is 6.54 Å². The standard InChI is InChI=1S/C7H15N5/c1-2-12(4-3-8)6-7-5-9-11-10-7/h5H,2-4,6,8H2,1H3,(H,9,10,11). The molecule has 5 heteroatoms. The predicted octanol–water partition coefficient (Wildman–Crippen LogP) is -0.415. The van der Waals surface area contributed by atoms with Crippen LogP contribution in [0.5, 0.6) is 0 Å². The summed E-state index contributed by atoms with van der Waals surface area (Å²) in [5.74, 6) is 0. The molecule has 0 bridgehead atoms. The Morgan fingerprint density at radius 2 is 2.50 bits per heavy atom. The summed E-state index contributed by atoms with van der Waals surface area (Å²) in [6, 6.07) is 0. The molecule has 1 rings (SSSR count). The van der Waals surface area contributed by atoms with Crippen LogP contribution < -0.4 is 5.73 Å². The normalized spacial score (nSPS) is 10.9. The van der Waals surface area contributed by atoms with Gasteiger partial charge in [0.25, 0.3) is 0 Å². The van der Waals surface area contributed by atoms with Gasteiger partial charge in [-0.15, -0.1) is 0 Å². The largest absolute Gasteiger partial charge is 0.329 e. The average Bonchev–Trinajstić information content (AvgIpc) is 2.56. The molecule has 0 radical (unpaired) electrons. The fourth-order valence-corrected chi connectivity index (χ4v) is 1.06. The lowest BCUT2D eigenvalue weighted by atomic mass is 10.4. The number of likely N-dealkylation sites (N-methyl/N-ethyl adjacent to an activating group) is 1. The van der Waals surface area contributed by atoms with Crippen LogP contribution in [-0.2, 0) is 6.54 Å². The van der Waals surface area contributed by atoms with Crippen molar-refractivity contribution in [2.24, 2.45) is 5.73 Å². The molecular formula is C7H15N5. The van der Waals surface area contributed by atoms with Gasteiger partial charge in [0.2, 0.25) is 0 Å². The molecule has 1 heterocycles. The number of rotatable bonds is 5. The molecular weight excluding hydrogens is 154 g/mol. The van der Waals surface area contributed by atoms with E-state index in [0.29, 0.717) is 6.54 Å². The highest BCUT2D eigenvalue weighted by Crippen LogP contribution is 1.96. The van der Waals surface area contributed by atoms with E-state index < -0.39 is 0 Å². The Balaban J connectivity index is 2.37. The van der Waals surface area contributed by atoms with Crippen molar-refractivity contribution in [3.05, 3.63) is 11.9 Å². The number of H-pyrrole nitrogens is 1. The predicted molar refractivity (Wildman–Crippen MR) is 46.4 cm³/mol. The number of aromatic nitrogens is 3. The molecule has 0 aromatic carbocycles.